The van der Waals surface area contributed by atoms with Gasteiger partial charge in [-0.05, 0) is 86.2 Å². The average Bonchev–Trinajstić information content (AvgIpc) is 2.82. The molecule has 1 N–H and O–H groups in total. The van der Waals surface area contributed by atoms with Crippen LogP contribution >= 0.6 is 0 Å². The quantitative estimate of drug-likeness (QED) is 0.591. The molecule has 3 fully saturated rings. The first-order valence-corrected chi connectivity index (χ1v) is 13.1. The van der Waals surface area contributed by atoms with Gasteiger partial charge in [-0.15, -0.1) is 0 Å². The van der Waals surface area contributed by atoms with E-state index in [9.17, 15) is 9.90 Å². The molecule has 8 atom stereocenters. The van der Waals surface area contributed by atoms with Gasteiger partial charge in [-0.25, -0.2) is 0 Å². The molecule has 5 heteroatoms. The second-order valence-electron chi connectivity index (χ2n) is 12.3. The Labute approximate surface area is 204 Å². The summed E-state index contributed by atoms with van der Waals surface area (Å²) < 4.78 is 17.2. The molecule has 5 aliphatic carbocycles. The second-order valence-corrected chi connectivity index (χ2v) is 12.3. The molecule has 188 valence electrons. The molecule has 0 aromatic heterocycles. The SMILES string of the molecule is COC(=O)[C@@]1(C)CCC[C@]2(C)[C@H]3C[C@H]4c5c(OC)ccc(OC)c5[C@@]3(CC[C@H]21)[C@H](O)[C@@H]4C(C)C. The zero-order chi connectivity index (χ0) is 24.6. The lowest BCUT2D eigenvalue weighted by Crippen LogP contribution is -2.69. The Morgan fingerprint density at radius 3 is 2.32 bits per heavy atom. The molecule has 0 radical (unpaired) electrons. The molecule has 0 saturated heterocycles. The van der Waals surface area contributed by atoms with Crippen molar-refractivity contribution in [3.05, 3.63) is 23.3 Å². The third-order valence-electron chi connectivity index (χ3n) is 11.0. The van der Waals surface area contributed by atoms with Crippen LogP contribution in [0.25, 0.3) is 0 Å². The molecule has 0 unspecified atom stereocenters. The maximum absolute atomic E-state index is 13.1. The molecular formula is C29H42O5. The fourth-order valence-electron chi connectivity index (χ4n) is 9.77. The van der Waals surface area contributed by atoms with Gasteiger partial charge in [0.2, 0.25) is 0 Å². The first-order valence-electron chi connectivity index (χ1n) is 13.1. The molecule has 1 aromatic carbocycles. The Hall–Kier alpha value is -1.75. The Kier molecular flexibility index (Phi) is 5.55. The number of carbonyl (C=O) groups is 1. The van der Waals surface area contributed by atoms with Crippen LogP contribution in [-0.4, -0.2) is 38.5 Å². The third kappa shape index (κ3) is 2.74. The molecule has 3 saturated carbocycles. The number of esters is 1. The van der Waals surface area contributed by atoms with Gasteiger partial charge in [0.1, 0.15) is 11.5 Å². The topological polar surface area (TPSA) is 65.0 Å². The van der Waals surface area contributed by atoms with Gasteiger partial charge in [0.25, 0.3) is 0 Å². The fraction of sp³-hybridized carbons (Fsp3) is 0.759. The highest BCUT2D eigenvalue weighted by Gasteiger charge is 2.71. The molecule has 0 heterocycles. The summed E-state index contributed by atoms with van der Waals surface area (Å²) in [6, 6.07) is 4.06. The van der Waals surface area contributed by atoms with Gasteiger partial charge in [-0.3, -0.25) is 4.79 Å². The van der Waals surface area contributed by atoms with Crippen molar-refractivity contribution < 1.29 is 24.1 Å². The first-order chi connectivity index (χ1) is 16.1. The molecule has 34 heavy (non-hydrogen) atoms. The van der Waals surface area contributed by atoms with E-state index in [-0.39, 0.29) is 35.1 Å². The molecule has 1 spiro atoms. The lowest BCUT2D eigenvalue weighted by atomic mass is 9.34. The Morgan fingerprint density at radius 1 is 1.03 bits per heavy atom. The third-order valence-corrected chi connectivity index (χ3v) is 11.0. The van der Waals surface area contributed by atoms with Gasteiger partial charge in [-0.2, -0.15) is 0 Å². The summed E-state index contributed by atoms with van der Waals surface area (Å²) in [6.45, 7) is 9.03. The minimum absolute atomic E-state index is 0.0492. The van der Waals surface area contributed by atoms with Crippen molar-refractivity contribution in [2.45, 2.75) is 83.7 Å². The van der Waals surface area contributed by atoms with Crippen LogP contribution < -0.4 is 9.47 Å². The predicted molar refractivity (Wildman–Crippen MR) is 131 cm³/mol. The number of fused-ring (bicyclic) bond motifs is 2. The van der Waals surface area contributed by atoms with Gasteiger partial charge in [0.05, 0.1) is 32.8 Å². The van der Waals surface area contributed by atoms with E-state index in [2.05, 4.69) is 27.7 Å². The smallest absolute Gasteiger partial charge is 0.311 e. The minimum atomic E-state index is -0.469. The maximum atomic E-state index is 13.1. The molecule has 5 aliphatic rings. The minimum Gasteiger partial charge on any atom is -0.496 e. The molecule has 0 aliphatic heterocycles. The van der Waals surface area contributed by atoms with Crippen LogP contribution in [0.1, 0.15) is 83.3 Å². The number of aliphatic hydroxyl groups is 1. The molecule has 5 nitrogen and oxygen atoms in total. The van der Waals surface area contributed by atoms with Crippen molar-refractivity contribution in [3.63, 3.8) is 0 Å². The standard InChI is InChI=1S/C29H42O5/c1-16(2)22-17-15-21-27(3)12-8-13-28(4,26(31)34-7)20(27)11-14-29(21,25(22)30)24-19(33-6)10-9-18(32-5)23(17)24/h9-10,16-17,20-22,25,30H,8,11-15H2,1-7H3/t17-,20-,21-,22-,25-,27+,28+,29+/m1/s1. The number of benzene rings is 1. The van der Waals surface area contributed by atoms with Gasteiger partial charge < -0.3 is 19.3 Å². The van der Waals surface area contributed by atoms with Crippen molar-refractivity contribution in [1.29, 1.82) is 0 Å². The summed E-state index contributed by atoms with van der Waals surface area (Å²) in [6.07, 6.45) is 5.34. The second kappa shape index (κ2) is 7.88. The average molecular weight is 471 g/mol. The summed E-state index contributed by atoms with van der Waals surface area (Å²) in [5.41, 5.74) is 1.54. The largest absolute Gasteiger partial charge is 0.496 e. The normalized spacial score (nSPS) is 42.4. The van der Waals surface area contributed by atoms with Crippen molar-refractivity contribution in [2.75, 3.05) is 21.3 Å². The molecule has 1 aromatic rings. The zero-order valence-electron chi connectivity index (χ0n) is 21.9. The van der Waals surface area contributed by atoms with Crippen LogP contribution in [0, 0.1) is 34.5 Å². The summed E-state index contributed by atoms with van der Waals surface area (Å²) in [5, 5.41) is 12.2. The van der Waals surface area contributed by atoms with E-state index in [1.807, 2.05) is 12.1 Å². The number of ether oxygens (including phenoxy) is 3. The van der Waals surface area contributed by atoms with Gasteiger partial charge in [0, 0.05) is 16.5 Å². The van der Waals surface area contributed by atoms with E-state index in [4.69, 9.17) is 14.2 Å². The number of hydrogen-bond donors (Lipinski definition) is 1. The van der Waals surface area contributed by atoms with E-state index in [1.165, 1.54) is 18.2 Å². The van der Waals surface area contributed by atoms with Crippen LogP contribution in [0.4, 0.5) is 0 Å². The van der Waals surface area contributed by atoms with Crippen molar-refractivity contribution in [3.8, 4) is 11.5 Å². The van der Waals surface area contributed by atoms with Crippen molar-refractivity contribution in [2.24, 2.45) is 34.5 Å². The van der Waals surface area contributed by atoms with Crippen molar-refractivity contribution in [1.82, 2.24) is 0 Å². The fourth-order valence-corrected chi connectivity index (χ4v) is 9.77. The van der Waals surface area contributed by atoms with E-state index < -0.39 is 16.9 Å². The van der Waals surface area contributed by atoms with E-state index in [0.29, 0.717) is 5.92 Å². The predicted octanol–water partition coefficient (Wildman–Crippen LogP) is 5.47. The molecule has 6 rings (SSSR count). The van der Waals surface area contributed by atoms with Gasteiger partial charge in [0.15, 0.2) is 0 Å². The zero-order valence-corrected chi connectivity index (χ0v) is 21.9. The van der Waals surface area contributed by atoms with Crippen molar-refractivity contribution >= 4 is 5.97 Å². The number of carbonyl (C=O) groups excluding carboxylic acids is 1. The Balaban J connectivity index is 1.75. The van der Waals surface area contributed by atoms with Crippen LogP contribution in [0.5, 0.6) is 11.5 Å². The van der Waals surface area contributed by atoms with E-state index in [1.54, 1.807) is 14.2 Å². The summed E-state index contributed by atoms with van der Waals surface area (Å²) >= 11 is 0. The van der Waals surface area contributed by atoms with Gasteiger partial charge in [-0.1, -0.05) is 27.2 Å². The van der Waals surface area contributed by atoms with Crippen LogP contribution in [0.3, 0.4) is 0 Å². The van der Waals surface area contributed by atoms with E-state index >= 15 is 0 Å². The molecule has 2 bridgehead atoms. The highest BCUT2D eigenvalue weighted by atomic mass is 16.5. The highest BCUT2D eigenvalue weighted by Crippen LogP contribution is 2.75. The molecular weight excluding hydrogens is 428 g/mol. The number of rotatable bonds is 4. The first kappa shape index (κ1) is 24.0. The highest BCUT2D eigenvalue weighted by molar-refractivity contribution is 5.77. The van der Waals surface area contributed by atoms with Crippen LogP contribution in [0.15, 0.2) is 12.1 Å². The van der Waals surface area contributed by atoms with Gasteiger partial charge >= 0.3 is 5.97 Å². The lowest BCUT2D eigenvalue weighted by Gasteiger charge is -2.70. The van der Waals surface area contributed by atoms with E-state index in [0.717, 1.165) is 50.0 Å². The Bertz CT molecular complexity index is 987. The lowest BCUT2D eigenvalue weighted by molar-refractivity contribution is -0.201. The van der Waals surface area contributed by atoms with Crippen LogP contribution in [-0.2, 0) is 14.9 Å². The molecule has 0 amide bonds. The Morgan fingerprint density at radius 2 is 1.71 bits per heavy atom. The maximum Gasteiger partial charge on any atom is 0.311 e. The number of aliphatic hydroxyl groups excluding tert-OH is 1. The van der Waals surface area contributed by atoms with Crippen LogP contribution in [0.2, 0.25) is 0 Å². The summed E-state index contributed by atoms with van der Waals surface area (Å²) in [5.74, 6) is 3.02. The summed E-state index contributed by atoms with van der Waals surface area (Å²) in [7, 11) is 5.02. The monoisotopic (exact) mass is 470 g/mol. The number of hydrogen-bond acceptors (Lipinski definition) is 5. The number of methoxy groups -OCH3 is 3. The summed E-state index contributed by atoms with van der Waals surface area (Å²) in [4.78, 5) is 13.1.